The predicted molar refractivity (Wildman–Crippen MR) is 114 cm³/mol. The summed E-state index contributed by atoms with van der Waals surface area (Å²) in [7, 11) is -2.51. The fourth-order valence-electron chi connectivity index (χ4n) is 3.84. The lowest BCUT2D eigenvalue weighted by Gasteiger charge is -2.44. The largest absolute Gasteiger partial charge is 0.407 e. The Balaban J connectivity index is 2.07. The van der Waals surface area contributed by atoms with E-state index >= 15 is 0 Å². The number of hydrogen-bond acceptors (Lipinski definition) is 3. The number of carbonyl (C=O) groups is 1. The van der Waals surface area contributed by atoms with Crippen LogP contribution in [0.3, 0.4) is 0 Å². The molecule has 0 radical (unpaired) electrons. The molecular formula is C22H28O2SSi. The highest BCUT2D eigenvalue weighted by molar-refractivity contribution is 8.14. The van der Waals surface area contributed by atoms with Gasteiger partial charge >= 0.3 is 0 Å². The van der Waals surface area contributed by atoms with Crippen molar-refractivity contribution >= 4 is 35.6 Å². The lowest BCUT2D eigenvalue weighted by atomic mass is 9.92. The van der Waals surface area contributed by atoms with Crippen LogP contribution < -0.4 is 10.4 Å². The number of benzene rings is 2. The maximum absolute atomic E-state index is 11.8. The Kier molecular flexibility index (Phi) is 5.47. The van der Waals surface area contributed by atoms with Crippen LogP contribution in [0.15, 0.2) is 60.7 Å². The maximum Gasteiger partial charge on any atom is 0.261 e. The van der Waals surface area contributed by atoms with Gasteiger partial charge in [-0.1, -0.05) is 100 Å². The molecule has 1 aliphatic heterocycles. The quantitative estimate of drug-likeness (QED) is 0.722. The molecule has 4 heteroatoms. The van der Waals surface area contributed by atoms with Gasteiger partial charge in [0.1, 0.15) is 0 Å². The average Bonchev–Trinajstić information content (AvgIpc) is 2.95. The molecule has 2 nitrogen and oxygen atoms in total. The van der Waals surface area contributed by atoms with Gasteiger partial charge in [0, 0.05) is 24.2 Å². The molecule has 1 atom stereocenters. The summed E-state index contributed by atoms with van der Waals surface area (Å²) in [5.41, 5.74) is -0.0746. The van der Waals surface area contributed by atoms with Gasteiger partial charge in [0.05, 0.1) is 0 Å². The summed E-state index contributed by atoms with van der Waals surface area (Å²) in [4.78, 5) is 11.8. The molecule has 2 aromatic rings. The highest BCUT2D eigenvalue weighted by Crippen LogP contribution is 2.41. The summed E-state index contributed by atoms with van der Waals surface area (Å²) in [6.45, 7) is 9.67. The second kappa shape index (κ2) is 7.33. The SMILES string of the molecule is CC1(CO[Si](c2ccccc2)(c2ccccc2)C(C)(C)C)CSC(=O)C1. The maximum atomic E-state index is 11.8. The summed E-state index contributed by atoms with van der Waals surface area (Å²) in [6, 6.07) is 21.4. The van der Waals surface area contributed by atoms with E-state index < -0.39 is 8.32 Å². The lowest BCUT2D eigenvalue weighted by molar-refractivity contribution is -0.112. The van der Waals surface area contributed by atoms with E-state index in [0.29, 0.717) is 18.1 Å². The Morgan fingerprint density at radius 3 is 1.88 bits per heavy atom. The molecule has 0 amide bonds. The summed E-state index contributed by atoms with van der Waals surface area (Å²) in [5, 5.41) is 2.85. The molecule has 1 heterocycles. The van der Waals surface area contributed by atoms with E-state index in [4.69, 9.17) is 4.43 Å². The van der Waals surface area contributed by atoms with E-state index in [1.807, 2.05) is 0 Å². The second-order valence-corrected chi connectivity index (χ2v) is 13.9. The normalized spacial score (nSPS) is 21.2. The van der Waals surface area contributed by atoms with E-state index in [0.717, 1.165) is 5.75 Å². The fourth-order valence-corrected chi connectivity index (χ4v) is 9.71. The van der Waals surface area contributed by atoms with Crippen molar-refractivity contribution in [2.45, 2.75) is 39.2 Å². The van der Waals surface area contributed by atoms with Gasteiger partial charge in [-0.2, -0.15) is 0 Å². The van der Waals surface area contributed by atoms with Crippen LogP contribution in [0.4, 0.5) is 0 Å². The zero-order valence-corrected chi connectivity index (χ0v) is 17.9. The topological polar surface area (TPSA) is 26.3 Å². The lowest BCUT2D eigenvalue weighted by Crippen LogP contribution is -2.67. The van der Waals surface area contributed by atoms with Crippen molar-refractivity contribution in [2.24, 2.45) is 5.41 Å². The van der Waals surface area contributed by atoms with Crippen LogP contribution >= 0.6 is 11.8 Å². The van der Waals surface area contributed by atoms with Crippen molar-refractivity contribution < 1.29 is 9.22 Å². The molecular weight excluding hydrogens is 356 g/mol. The number of carbonyl (C=O) groups excluding carboxylic acids is 1. The summed E-state index contributed by atoms with van der Waals surface area (Å²) in [6.07, 6.45) is 0.607. The first-order chi connectivity index (χ1) is 12.3. The van der Waals surface area contributed by atoms with Gasteiger partial charge in [-0.05, 0) is 15.4 Å². The monoisotopic (exact) mass is 384 g/mol. The standard InChI is InChI=1S/C22H28O2SSi/c1-21(2,3)26(18-11-7-5-8-12-18,19-13-9-6-10-14-19)24-16-22(4)15-20(23)25-17-22/h5-14H,15-17H2,1-4H3. The van der Waals surface area contributed by atoms with Crippen LogP contribution in [0.25, 0.3) is 0 Å². The highest BCUT2D eigenvalue weighted by atomic mass is 32.2. The molecule has 1 fully saturated rings. The van der Waals surface area contributed by atoms with E-state index in [9.17, 15) is 4.79 Å². The molecule has 1 saturated heterocycles. The molecule has 0 spiro atoms. The molecule has 2 aromatic carbocycles. The molecule has 0 saturated carbocycles. The Morgan fingerprint density at radius 1 is 1.00 bits per heavy atom. The first-order valence-electron chi connectivity index (χ1n) is 9.18. The Bertz CT molecular complexity index is 715. The van der Waals surface area contributed by atoms with E-state index in [2.05, 4.69) is 88.4 Å². The van der Waals surface area contributed by atoms with Gasteiger partial charge in [-0.25, -0.2) is 0 Å². The van der Waals surface area contributed by atoms with Gasteiger partial charge in [0.25, 0.3) is 8.32 Å². The number of hydrogen-bond donors (Lipinski definition) is 0. The third-order valence-electron chi connectivity index (χ3n) is 5.21. The van der Waals surface area contributed by atoms with Crippen molar-refractivity contribution in [3.8, 4) is 0 Å². The number of thioether (sulfide) groups is 1. The molecule has 0 N–H and O–H groups in total. The van der Waals surface area contributed by atoms with Crippen molar-refractivity contribution in [3.63, 3.8) is 0 Å². The minimum absolute atomic E-state index is 0.0260. The highest BCUT2D eigenvalue weighted by Gasteiger charge is 2.51. The molecule has 26 heavy (non-hydrogen) atoms. The zero-order valence-electron chi connectivity index (χ0n) is 16.1. The van der Waals surface area contributed by atoms with Gasteiger partial charge in [-0.15, -0.1) is 0 Å². The van der Waals surface area contributed by atoms with Crippen molar-refractivity contribution in [3.05, 3.63) is 60.7 Å². The average molecular weight is 385 g/mol. The molecule has 138 valence electrons. The summed E-state index contributed by atoms with van der Waals surface area (Å²) in [5.74, 6) is 0.851. The van der Waals surface area contributed by atoms with Gasteiger partial charge in [0.2, 0.25) is 0 Å². The molecule has 1 aliphatic rings. The fraction of sp³-hybridized carbons (Fsp3) is 0.409. The van der Waals surface area contributed by atoms with Crippen LogP contribution in [-0.4, -0.2) is 25.8 Å². The molecule has 0 aromatic heterocycles. The summed E-state index contributed by atoms with van der Waals surface area (Å²) >= 11 is 1.45. The first kappa shape index (κ1) is 19.4. The summed E-state index contributed by atoms with van der Waals surface area (Å²) < 4.78 is 6.97. The van der Waals surface area contributed by atoms with Crippen molar-refractivity contribution in [2.75, 3.05) is 12.4 Å². The molecule has 3 rings (SSSR count). The third kappa shape index (κ3) is 3.68. The smallest absolute Gasteiger partial charge is 0.261 e. The van der Waals surface area contributed by atoms with Crippen LogP contribution in [-0.2, 0) is 9.22 Å². The second-order valence-electron chi connectivity index (χ2n) is 8.60. The number of rotatable bonds is 5. The minimum atomic E-state index is -2.51. The first-order valence-corrected chi connectivity index (χ1v) is 12.1. The van der Waals surface area contributed by atoms with Crippen LogP contribution in [0.5, 0.6) is 0 Å². The Morgan fingerprint density at radius 2 is 1.50 bits per heavy atom. The van der Waals surface area contributed by atoms with Gasteiger partial charge in [-0.3, -0.25) is 4.79 Å². The predicted octanol–water partition coefficient (Wildman–Crippen LogP) is 4.23. The Labute approximate surface area is 162 Å². The van der Waals surface area contributed by atoms with E-state index in [1.54, 1.807) is 0 Å². The van der Waals surface area contributed by atoms with Crippen LogP contribution in [0, 0.1) is 5.41 Å². The van der Waals surface area contributed by atoms with Crippen molar-refractivity contribution in [1.82, 2.24) is 0 Å². The third-order valence-corrected chi connectivity index (χ3v) is 11.5. The Hall–Kier alpha value is -1.36. The van der Waals surface area contributed by atoms with Gasteiger partial charge < -0.3 is 4.43 Å². The zero-order chi connectivity index (χ0) is 18.8. The van der Waals surface area contributed by atoms with E-state index in [-0.39, 0.29) is 10.5 Å². The van der Waals surface area contributed by atoms with Crippen LogP contribution in [0.1, 0.15) is 34.1 Å². The molecule has 0 aliphatic carbocycles. The van der Waals surface area contributed by atoms with Gasteiger partial charge in [0.15, 0.2) is 5.12 Å². The van der Waals surface area contributed by atoms with E-state index in [1.165, 1.54) is 22.1 Å². The minimum Gasteiger partial charge on any atom is -0.407 e. The molecule has 1 unspecified atom stereocenters. The molecule has 0 bridgehead atoms. The van der Waals surface area contributed by atoms with Crippen LogP contribution in [0.2, 0.25) is 5.04 Å². The van der Waals surface area contributed by atoms with Crippen molar-refractivity contribution in [1.29, 1.82) is 0 Å².